The Bertz CT molecular complexity index is 587. The molecular formula is C14H18FN3. The SMILES string of the molecule is Cc1ccc(F)c(C(N)c2c(C)nn(C)c2C)c1. The van der Waals surface area contributed by atoms with Gasteiger partial charge in [0.25, 0.3) is 0 Å². The Morgan fingerprint density at radius 1 is 1.28 bits per heavy atom. The molecule has 0 radical (unpaired) electrons. The Kier molecular flexibility index (Phi) is 3.22. The maximum Gasteiger partial charge on any atom is 0.128 e. The van der Waals surface area contributed by atoms with Crippen molar-refractivity contribution in [2.24, 2.45) is 12.8 Å². The molecule has 0 aliphatic carbocycles. The summed E-state index contributed by atoms with van der Waals surface area (Å²) in [5, 5.41) is 4.32. The van der Waals surface area contributed by atoms with Gasteiger partial charge in [-0.15, -0.1) is 0 Å². The average molecular weight is 247 g/mol. The second kappa shape index (κ2) is 4.53. The molecule has 2 rings (SSSR count). The van der Waals surface area contributed by atoms with E-state index in [0.29, 0.717) is 5.56 Å². The van der Waals surface area contributed by atoms with Gasteiger partial charge in [-0.2, -0.15) is 5.10 Å². The number of hydrogen-bond donors (Lipinski definition) is 1. The molecule has 2 aromatic rings. The standard InChI is InChI=1S/C14H18FN3/c1-8-5-6-12(15)11(7-8)14(16)13-9(2)17-18(4)10(13)3/h5-7,14H,16H2,1-4H3. The number of aryl methyl sites for hydroxylation is 3. The molecule has 1 unspecified atom stereocenters. The molecule has 96 valence electrons. The number of nitrogens with two attached hydrogens (primary N) is 1. The van der Waals surface area contributed by atoms with Gasteiger partial charge < -0.3 is 5.73 Å². The summed E-state index contributed by atoms with van der Waals surface area (Å²) in [5.41, 5.74) is 10.5. The average Bonchev–Trinajstić information content (AvgIpc) is 2.56. The molecule has 0 aliphatic heterocycles. The molecule has 0 spiro atoms. The van der Waals surface area contributed by atoms with E-state index < -0.39 is 6.04 Å². The number of aromatic nitrogens is 2. The van der Waals surface area contributed by atoms with Crippen molar-refractivity contribution in [3.63, 3.8) is 0 Å². The van der Waals surface area contributed by atoms with Crippen LogP contribution >= 0.6 is 0 Å². The topological polar surface area (TPSA) is 43.8 Å². The Balaban J connectivity index is 2.54. The van der Waals surface area contributed by atoms with Crippen molar-refractivity contribution in [1.29, 1.82) is 0 Å². The van der Waals surface area contributed by atoms with Crippen LogP contribution in [0.5, 0.6) is 0 Å². The minimum Gasteiger partial charge on any atom is -0.320 e. The van der Waals surface area contributed by atoms with Gasteiger partial charge in [0.05, 0.1) is 11.7 Å². The number of nitrogens with zero attached hydrogens (tertiary/aromatic N) is 2. The second-order valence-electron chi connectivity index (χ2n) is 4.71. The van der Waals surface area contributed by atoms with E-state index in [4.69, 9.17) is 5.73 Å². The molecule has 0 aliphatic rings. The number of rotatable bonds is 2. The first kappa shape index (κ1) is 12.8. The lowest BCUT2D eigenvalue weighted by molar-refractivity contribution is 0.598. The van der Waals surface area contributed by atoms with Crippen molar-refractivity contribution in [2.45, 2.75) is 26.8 Å². The van der Waals surface area contributed by atoms with E-state index in [2.05, 4.69) is 5.10 Å². The summed E-state index contributed by atoms with van der Waals surface area (Å²) in [6.45, 7) is 5.78. The maximum atomic E-state index is 13.9. The highest BCUT2D eigenvalue weighted by Crippen LogP contribution is 2.27. The molecule has 3 nitrogen and oxygen atoms in total. The maximum absolute atomic E-state index is 13.9. The molecule has 1 atom stereocenters. The Morgan fingerprint density at radius 3 is 2.50 bits per heavy atom. The predicted octanol–water partition coefficient (Wildman–Crippen LogP) is 2.53. The summed E-state index contributed by atoms with van der Waals surface area (Å²) in [6, 6.07) is 4.53. The molecule has 0 bridgehead atoms. The van der Waals surface area contributed by atoms with Gasteiger partial charge in [-0.25, -0.2) is 4.39 Å². The summed E-state index contributed by atoms with van der Waals surface area (Å²) < 4.78 is 15.6. The summed E-state index contributed by atoms with van der Waals surface area (Å²) in [5.74, 6) is -0.268. The fourth-order valence-corrected chi connectivity index (χ4v) is 2.30. The fraction of sp³-hybridized carbons (Fsp3) is 0.357. The number of benzene rings is 1. The Labute approximate surface area is 106 Å². The molecule has 18 heavy (non-hydrogen) atoms. The van der Waals surface area contributed by atoms with Crippen molar-refractivity contribution in [2.75, 3.05) is 0 Å². The summed E-state index contributed by atoms with van der Waals surface area (Å²) >= 11 is 0. The van der Waals surface area contributed by atoms with Crippen molar-refractivity contribution >= 4 is 0 Å². The van der Waals surface area contributed by atoms with Crippen LogP contribution in [0.15, 0.2) is 18.2 Å². The minimum atomic E-state index is -0.474. The number of hydrogen-bond acceptors (Lipinski definition) is 2. The molecule has 1 heterocycles. The minimum absolute atomic E-state index is 0.268. The van der Waals surface area contributed by atoms with Crippen molar-refractivity contribution < 1.29 is 4.39 Å². The highest BCUT2D eigenvalue weighted by atomic mass is 19.1. The highest BCUT2D eigenvalue weighted by molar-refractivity contribution is 5.38. The zero-order valence-corrected chi connectivity index (χ0v) is 11.2. The van der Waals surface area contributed by atoms with Crippen LogP contribution < -0.4 is 5.73 Å². The van der Waals surface area contributed by atoms with Gasteiger partial charge in [-0.05, 0) is 26.8 Å². The molecule has 0 saturated heterocycles. The van der Waals surface area contributed by atoms with Gasteiger partial charge in [0.1, 0.15) is 5.82 Å². The number of halogens is 1. The van der Waals surface area contributed by atoms with Crippen LogP contribution in [0.3, 0.4) is 0 Å². The zero-order valence-electron chi connectivity index (χ0n) is 11.2. The smallest absolute Gasteiger partial charge is 0.128 e. The zero-order chi connectivity index (χ0) is 13.4. The molecule has 0 fully saturated rings. The van der Waals surface area contributed by atoms with E-state index in [1.54, 1.807) is 16.8 Å². The van der Waals surface area contributed by atoms with Crippen molar-refractivity contribution in [3.8, 4) is 0 Å². The monoisotopic (exact) mass is 247 g/mol. The molecule has 1 aromatic carbocycles. The Hall–Kier alpha value is -1.68. The molecule has 0 amide bonds. The van der Waals surface area contributed by atoms with Gasteiger partial charge >= 0.3 is 0 Å². The second-order valence-corrected chi connectivity index (χ2v) is 4.71. The van der Waals surface area contributed by atoms with Crippen molar-refractivity contribution in [3.05, 3.63) is 52.1 Å². The predicted molar refractivity (Wildman–Crippen MR) is 69.8 cm³/mol. The quantitative estimate of drug-likeness (QED) is 0.886. The first-order valence-electron chi connectivity index (χ1n) is 5.93. The van der Waals surface area contributed by atoms with Crippen LogP contribution in [0.25, 0.3) is 0 Å². The fourth-order valence-electron chi connectivity index (χ4n) is 2.30. The van der Waals surface area contributed by atoms with Crippen LogP contribution in [0.4, 0.5) is 4.39 Å². The van der Waals surface area contributed by atoms with E-state index in [1.807, 2.05) is 27.8 Å². The summed E-state index contributed by atoms with van der Waals surface area (Å²) in [4.78, 5) is 0. The molecule has 4 heteroatoms. The van der Waals surface area contributed by atoms with Crippen LogP contribution in [0, 0.1) is 26.6 Å². The van der Waals surface area contributed by atoms with Crippen LogP contribution in [-0.4, -0.2) is 9.78 Å². The van der Waals surface area contributed by atoms with E-state index in [-0.39, 0.29) is 5.82 Å². The van der Waals surface area contributed by atoms with E-state index in [0.717, 1.165) is 22.5 Å². The van der Waals surface area contributed by atoms with E-state index in [9.17, 15) is 4.39 Å². The van der Waals surface area contributed by atoms with Crippen LogP contribution in [0.2, 0.25) is 0 Å². The lowest BCUT2D eigenvalue weighted by Crippen LogP contribution is -2.15. The van der Waals surface area contributed by atoms with Crippen molar-refractivity contribution in [1.82, 2.24) is 9.78 Å². The van der Waals surface area contributed by atoms with Gasteiger partial charge in [-0.1, -0.05) is 17.7 Å². The highest BCUT2D eigenvalue weighted by Gasteiger charge is 2.20. The molecule has 0 saturated carbocycles. The van der Waals surface area contributed by atoms with E-state index >= 15 is 0 Å². The van der Waals surface area contributed by atoms with E-state index in [1.165, 1.54) is 6.07 Å². The van der Waals surface area contributed by atoms with Crippen LogP contribution in [-0.2, 0) is 7.05 Å². The largest absolute Gasteiger partial charge is 0.320 e. The lowest BCUT2D eigenvalue weighted by Gasteiger charge is -2.14. The van der Waals surface area contributed by atoms with Gasteiger partial charge in [0.2, 0.25) is 0 Å². The first-order valence-corrected chi connectivity index (χ1v) is 5.93. The normalized spacial score (nSPS) is 12.8. The third kappa shape index (κ3) is 2.04. The van der Waals surface area contributed by atoms with Gasteiger partial charge in [0.15, 0.2) is 0 Å². The lowest BCUT2D eigenvalue weighted by atomic mass is 9.96. The Morgan fingerprint density at radius 2 is 1.94 bits per heavy atom. The summed E-state index contributed by atoms with van der Waals surface area (Å²) in [7, 11) is 1.87. The third-order valence-electron chi connectivity index (χ3n) is 3.36. The van der Waals surface area contributed by atoms with Crippen LogP contribution in [0.1, 0.15) is 34.1 Å². The van der Waals surface area contributed by atoms with Gasteiger partial charge in [-0.3, -0.25) is 4.68 Å². The molecule has 1 aromatic heterocycles. The third-order valence-corrected chi connectivity index (χ3v) is 3.36. The van der Waals surface area contributed by atoms with Gasteiger partial charge in [0, 0.05) is 23.9 Å². The summed E-state index contributed by atoms with van der Waals surface area (Å²) in [6.07, 6.45) is 0. The molecular weight excluding hydrogens is 229 g/mol. The first-order chi connectivity index (χ1) is 8.41. The molecule has 2 N–H and O–H groups in total.